The highest BCUT2D eigenvalue weighted by molar-refractivity contribution is 5.96. The molecule has 0 N–H and O–H groups in total. The van der Waals surface area contributed by atoms with Crippen molar-refractivity contribution in [1.29, 1.82) is 0 Å². The normalized spacial score (nSPS) is 11.5. The van der Waals surface area contributed by atoms with Crippen molar-refractivity contribution < 1.29 is 19.1 Å². The Balaban J connectivity index is 2.44. The lowest BCUT2D eigenvalue weighted by Crippen LogP contribution is -2.34. The van der Waals surface area contributed by atoms with Crippen LogP contribution in [0.1, 0.15) is 68.6 Å². The molecule has 0 bridgehead atoms. The van der Waals surface area contributed by atoms with E-state index in [1.165, 1.54) is 0 Å². The molecule has 2 aromatic rings. The Hall–Kier alpha value is -2.62. The number of hydrogen-bond donors (Lipinski definition) is 0. The molecule has 4 nitrogen and oxygen atoms in total. The maximum absolute atomic E-state index is 12.5. The van der Waals surface area contributed by atoms with Gasteiger partial charge in [-0.15, -0.1) is 0 Å². The summed E-state index contributed by atoms with van der Waals surface area (Å²) in [6.07, 6.45) is 0.609. The number of benzene rings is 2. The molecule has 30 heavy (non-hydrogen) atoms. The molecule has 0 aromatic heterocycles. The first-order chi connectivity index (χ1) is 14.0. The minimum Gasteiger partial charge on any atom is -0.491 e. The molecule has 0 aliphatic carbocycles. The van der Waals surface area contributed by atoms with Gasteiger partial charge < -0.3 is 9.47 Å². The van der Waals surface area contributed by atoms with Gasteiger partial charge in [0.2, 0.25) is 0 Å². The first kappa shape index (κ1) is 23.7. The SMILES string of the molecule is CCc1cc(-c2ccc(C)c(C)c2OCC(C)(C)C(=O)OC(C)C)ccc1C(C)=O. The fraction of sp³-hybridized carbons (Fsp3) is 0.462. The number of rotatable bonds is 8. The van der Waals surface area contributed by atoms with Crippen molar-refractivity contribution in [3.8, 4) is 16.9 Å². The molecule has 4 heteroatoms. The molecule has 162 valence electrons. The first-order valence-corrected chi connectivity index (χ1v) is 10.6. The summed E-state index contributed by atoms with van der Waals surface area (Å²) in [5.74, 6) is 0.557. The fourth-order valence-electron chi connectivity index (χ4n) is 3.29. The van der Waals surface area contributed by atoms with Crippen LogP contribution in [-0.4, -0.2) is 24.5 Å². The number of aryl methyl sites for hydroxylation is 2. The minimum absolute atomic E-state index is 0.0698. The Morgan fingerprint density at radius 2 is 1.73 bits per heavy atom. The molecule has 0 radical (unpaired) electrons. The molecule has 0 saturated carbocycles. The van der Waals surface area contributed by atoms with E-state index >= 15 is 0 Å². The summed E-state index contributed by atoms with van der Waals surface area (Å²) < 4.78 is 11.6. The van der Waals surface area contributed by atoms with Crippen LogP contribution in [0.15, 0.2) is 30.3 Å². The standard InChI is InChI=1S/C26H34O4/c1-9-20-14-21(11-13-22(20)19(6)27)23-12-10-17(4)18(5)24(23)29-15-26(7,8)25(28)30-16(2)3/h10-14,16H,9,15H2,1-8H3. The number of esters is 1. The van der Waals surface area contributed by atoms with Gasteiger partial charge >= 0.3 is 5.97 Å². The van der Waals surface area contributed by atoms with Crippen LogP contribution < -0.4 is 4.74 Å². The number of carbonyl (C=O) groups excluding carboxylic acids is 2. The van der Waals surface area contributed by atoms with Crippen LogP contribution in [0.3, 0.4) is 0 Å². The molecule has 0 aliphatic rings. The molecule has 0 atom stereocenters. The van der Waals surface area contributed by atoms with Crippen LogP contribution >= 0.6 is 0 Å². The van der Waals surface area contributed by atoms with Crippen LogP contribution in [0, 0.1) is 19.3 Å². The number of hydrogen-bond acceptors (Lipinski definition) is 4. The van der Waals surface area contributed by atoms with Gasteiger partial charge in [-0.1, -0.05) is 37.3 Å². The van der Waals surface area contributed by atoms with Gasteiger partial charge in [0, 0.05) is 11.1 Å². The summed E-state index contributed by atoms with van der Waals surface area (Å²) in [6.45, 7) is 15.3. The van der Waals surface area contributed by atoms with Crippen LogP contribution in [0.2, 0.25) is 0 Å². The van der Waals surface area contributed by atoms with E-state index in [0.29, 0.717) is 0 Å². The first-order valence-electron chi connectivity index (χ1n) is 10.6. The number of carbonyl (C=O) groups is 2. The van der Waals surface area contributed by atoms with E-state index in [1.54, 1.807) is 6.92 Å². The Kier molecular flexibility index (Phi) is 7.46. The third-order valence-electron chi connectivity index (χ3n) is 5.33. The van der Waals surface area contributed by atoms with Crippen LogP contribution in [-0.2, 0) is 16.0 Å². The molecular weight excluding hydrogens is 376 g/mol. The zero-order chi connectivity index (χ0) is 22.6. The summed E-state index contributed by atoms with van der Waals surface area (Å²) in [5, 5.41) is 0. The summed E-state index contributed by atoms with van der Waals surface area (Å²) in [5.41, 5.74) is 5.11. The van der Waals surface area contributed by atoms with Gasteiger partial charge in [0.1, 0.15) is 12.4 Å². The van der Waals surface area contributed by atoms with E-state index in [4.69, 9.17) is 9.47 Å². The maximum Gasteiger partial charge on any atom is 0.315 e. The number of ketones is 1. The molecule has 0 aliphatic heterocycles. The molecule has 0 saturated heterocycles. The third-order valence-corrected chi connectivity index (χ3v) is 5.33. The predicted octanol–water partition coefficient (Wildman–Crippen LogP) is 6.09. The maximum atomic E-state index is 12.5. The molecule has 2 rings (SSSR count). The molecule has 0 fully saturated rings. The van der Waals surface area contributed by atoms with E-state index in [-0.39, 0.29) is 24.5 Å². The average Bonchev–Trinajstić information content (AvgIpc) is 2.67. The highest BCUT2D eigenvalue weighted by atomic mass is 16.5. The Morgan fingerprint density at radius 3 is 2.30 bits per heavy atom. The zero-order valence-corrected chi connectivity index (χ0v) is 19.5. The van der Waals surface area contributed by atoms with Gasteiger partial charge in [0.25, 0.3) is 0 Å². The zero-order valence-electron chi connectivity index (χ0n) is 19.5. The highest BCUT2D eigenvalue weighted by Crippen LogP contribution is 2.37. The van der Waals surface area contributed by atoms with Gasteiger partial charge in [0.05, 0.1) is 11.5 Å². The van der Waals surface area contributed by atoms with Crippen LogP contribution in [0.4, 0.5) is 0 Å². The van der Waals surface area contributed by atoms with E-state index in [1.807, 2.05) is 66.7 Å². The second kappa shape index (κ2) is 9.46. The number of ether oxygens (including phenoxy) is 2. The van der Waals surface area contributed by atoms with Crippen LogP contribution in [0.5, 0.6) is 5.75 Å². The van der Waals surface area contributed by atoms with Crippen molar-refractivity contribution >= 4 is 11.8 Å². The lowest BCUT2D eigenvalue weighted by molar-refractivity contribution is -0.159. The monoisotopic (exact) mass is 410 g/mol. The number of Topliss-reactive ketones (excluding diaryl/α,β-unsaturated/α-hetero) is 1. The molecule has 0 spiro atoms. The summed E-state index contributed by atoms with van der Waals surface area (Å²) in [4.78, 5) is 24.4. The van der Waals surface area contributed by atoms with Gasteiger partial charge in [-0.3, -0.25) is 9.59 Å². The quantitative estimate of drug-likeness (QED) is 0.390. The van der Waals surface area contributed by atoms with Crippen molar-refractivity contribution in [3.05, 3.63) is 52.6 Å². The van der Waals surface area contributed by atoms with E-state index in [0.717, 1.165) is 45.6 Å². The lowest BCUT2D eigenvalue weighted by Gasteiger charge is -2.26. The third kappa shape index (κ3) is 5.29. The van der Waals surface area contributed by atoms with Gasteiger partial charge in [-0.2, -0.15) is 0 Å². The van der Waals surface area contributed by atoms with Gasteiger partial charge in [0.15, 0.2) is 5.78 Å². The molecule has 0 unspecified atom stereocenters. The largest absolute Gasteiger partial charge is 0.491 e. The van der Waals surface area contributed by atoms with Crippen molar-refractivity contribution in [2.75, 3.05) is 6.61 Å². The van der Waals surface area contributed by atoms with Gasteiger partial charge in [-0.25, -0.2) is 0 Å². The topological polar surface area (TPSA) is 52.6 Å². The van der Waals surface area contributed by atoms with Crippen LogP contribution in [0.25, 0.3) is 11.1 Å². The Bertz CT molecular complexity index is 938. The second-order valence-electron chi connectivity index (χ2n) is 8.79. The highest BCUT2D eigenvalue weighted by Gasteiger charge is 2.32. The lowest BCUT2D eigenvalue weighted by atomic mass is 9.93. The second-order valence-corrected chi connectivity index (χ2v) is 8.79. The predicted molar refractivity (Wildman–Crippen MR) is 121 cm³/mol. The molecular formula is C26H34O4. The Labute approximate surface area is 180 Å². The minimum atomic E-state index is -0.773. The van der Waals surface area contributed by atoms with Crippen molar-refractivity contribution in [2.24, 2.45) is 5.41 Å². The van der Waals surface area contributed by atoms with Crippen molar-refractivity contribution in [2.45, 2.75) is 67.9 Å². The summed E-state index contributed by atoms with van der Waals surface area (Å²) >= 11 is 0. The summed E-state index contributed by atoms with van der Waals surface area (Å²) in [7, 11) is 0. The van der Waals surface area contributed by atoms with E-state index in [2.05, 4.69) is 12.1 Å². The summed E-state index contributed by atoms with van der Waals surface area (Å²) in [6, 6.07) is 10.0. The van der Waals surface area contributed by atoms with Crippen molar-refractivity contribution in [1.82, 2.24) is 0 Å². The molecule has 2 aromatic carbocycles. The Morgan fingerprint density at radius 1 is 1.07 bits per heavy atom. The molecule has 0 amide bonds. The molecule has 0 heterocycles. The van der Waals surface area contributed by atoms with E-state index in [9.17, 15) is 9.59 Å². The smallest absolute Gasteiger partial charge is 0.315 e. The van der Waals surface area contributed by atoms with E-state index < -0.39 is 5.41 Å². The fourth-order valence-corrected chi connectivity index (χ4v) is 3.29. The average molecular weight is 411 g/mol. The van der Waals surface area contributed by atoms with Crippen molar-refractivity contribution in [3.63, 3.8) is 0 Å². The van der Waals surface area contributed by atoms with Gasteiger partial charge in [-0.05, 0) is 77.1 Å².